The number of rotatable bonds is 5. The van der Waals surface area contributed by atoms with Crippen LogP contribution in [0.5, 0.6) is 0 Å². The molecule has 1 aromatic heterocycles. The summed E-state index contributed by atoms with van der Waals surface area (Å²) in [6.45, 7) is 4.64. The van der Waals surface area contributed by atoms with Gasteiger partial charge in [-0.2, -0.15) is 0 Å². The molecule has 118 valence electrons. The third kappa shape index (κ3) is 3.95. The van der Waals surface area contributed by atoms with Gasteiger partial charge >= 0.3 is 0 Å². The Morgan fingerprint density at radius 1 is 1.13 bits per heavy atom. The van der Waals surface area contributed by atoms with E-state index >= 15 is 0 Å². The van der Waals surface area contributed by atoms with Crippen LogP contribution in [0.15, 0.2) is 65.9 Å². The van der Waals surface area contributed by atoms with Crippen LogP contribution >= 0.6 is 0 Å². The Hall–Kier alpha value is -2.22. The van der Waals surface area contributed by atoms with E-state index in [2.05, 4.69) is 67.4 Å². The van der Waals surface area contributed by atoms with Crippen molar-refractivity contribution < 1.29 is 0 Å². The summed E-state index contributed by atoms with van der Waals surface area (Å²) in [4.78, 5) is 9.21. The lowest BCUT2D eigenvalue weighted by Gasteiger charge is -2.28. The molecule has 0 spiro atoms. The Morgan fingerprint density at radius 2 is 1.96 bits per heavy atom. The summed E-state index contributed by atoms with van der Waals surface area (Å²) < 4.78 is 0. The Morgan fingerprint density at radius 3 is 2.70 bits per heavy atom. The zero-order valence-electron chi connectivity index (χ0n) is 13.9. The minimum atomic E-state index is 0.176. The van der Waals surface area contributed by atoms with Crippen LogP contribution in [-0.4, -0.2) is 16.7 Å². The van der Waals surface area contributed by atoms with Crippen molar-refractivity contribution in [3.05, 3.63) is 72.1 Å². The van der Waals surface area contributed by atoms with Crippen LogP contribution in [0.25, 0.3) is 6.08 Å². The molecule has 2 heteroatoms. The molecule has 1 atom stereocenters. The number of aromatic nitrogens is 1. The fourth-order valence-electron chi connectivity index (χ4n) is 3.11. The second kappa shape index (κ2) is 6.91. The fourth-order valence-corrected chi connectivity index (χ4v) is 3.11. The minimum Gasteiger partial charge on any atom is -0.285 e. The fraction of sp³-hybridized carbons (Fsp3) is 0.333. The molecule has 1 aliphatic rings. The summed E-state index contributed by atoms with van der Waals surface area (Å²) in [5.74, 6) is 0. The summed E-state index contributed by atoms with van der Waals surface area (Å²) in [7, 11) is 0. The molecule has 0 fully saturated rings. The highest BCUT2D eigenvalue weighted by Crippen LogP contribution is 2.35. The maximum absolute atomic E-state index is 5.00. The maximum Gasteiger partial charge on any atom is 0.0560 e. The van der Waals surface area contributed by atoms with Gasteiger partial charge in [-0.05, 0) is 36.3 Å². The number of pyridine rings is 1. The van der Waals surface area contributed by atoms with Gasteiger partial charge in [-0.15, -0.1) is 0 Å². The van der Waals surface area contributed by atoms with Crippen molar-refractivity contribution in [1.82, 2.24) is 4.98 Å². The number of benzene rings is 1. The molecule has 0 amide bonds. The average Bonchev–Trinajstić information content (AvgIpc) is 3.07. The van der Waals surface area contributed by atoms with E-state index in [9.17, 15) is 0 Å². The van der Waals surface area contributed by atoms with E-state index in [1.807, 2.05) is 18.5 Å². The molecular weight excluding hydrogens is 280 g/mol. The van der Waals surface area contributed by atoms with Crippen molar-refractivity contribution in [3.8, 4) is 0 Å². The van der Waals surface area contributed by atoms with Gasteiger partial charge in [0.1, 0.15) is 0 Å². The van der Waals surface area contributed by atoms with Gasteiger partial charge in [-0.1, -0.05) is 62.4 Å². The van der Waals surface area contributed by atoms with Crippen molar-refractivity contribution >= 4 is 11.8 Å². The van der Waals surface area contributed by atoms with E-state index < -0.39 is 0 Å². The molecule has 0 saturated heterocycles. The molecular formula is C21H24N2. The second-order valence-corrected chi connectivity index (χ2v) is 6.88. The van der Waals surface area contributed by atoms with E-state index in [0.717, 1.165) is 19.3 Å². The van der Waals surface area contributed by atoms with Crippen molar-refractivity contribution in [2.45, 2.75) is 39.2 Å². The van der Waals surface area contributed by atoms with Gasteiger partial charge in [0.2, 0.25) is 0 Å². The molecule has 0 aliphatic carbocycles. The number of hydrogen-bond acceptors (Lipinski definition) is 2. The van der Waals surface area contributed by atoms with Crippen LogP contribution < -0.4 is 0 Å². The predicted octanol–water partition coefficient (Wildman–Crippen LogP) is 5.16. The van der Waals surface area contributed by atoms with Gasteiger partial charge in [0.05, 0.1) is 6.04 Å². The Labute approximate surface area is 139 Å². The lowest BCUT2D eigenvalue weighted by Crippen LogP contribution is -2.25. The van der Waals surface area contributed by atoms with Crippen molar-refractivity contribution in [1.29, 1.82) is 0 Å². The molecule has 23 heavy (non-hydrogen) atoms. The largest absolute Gasteiger partial charge is 0.285 e. The topological polar surface area (TPSA) is 25.2 Å². The second-order valence-electron chi connectivity index (χ2n) is 6.88. The molecule has 0 bridgehead atoms. The molecule has 2 aromatic rings. The van der Waals surface area contributed by atoms with E-state index in [1.165, 1.54) is 16.8 Å². The highest BCUT2D eigenvalue weighted by molar-refractivity contribution is 6.01. The van der Waals surface area contributed by atoms with Crippen molar-refractivity contribution in [3.63, 3.8) is 0 Å². The molecule has 0 radical (unpaired) electrons. The first-order valence-electron chi connectivity index (χ1n) is 8.34. The zero-order chi connectivity index (χ0) is 16.1. The standard InChI is InChI=1S/C21H24N2/c1-21(2,14-6-10-17-8-4-3-5-9-17)20-13-12-19(23-20)18-11-7-15-22-16-18/h3-11,15-16,20H,12-14H2,1-2H3/b10-6+. The highest BCUT2D eigenvalue weighted by Gasteiger charge is 2.32. The molecule has 3 rings (SSSR count). The quantitative estimate of drug-likeness (QED) is 0.748. The van der Waals surface area contributed by atoms with Gasteiger partial charge in [0.15, 0.2) is 0 Å². The van der Waals surface area contributed by atoms with Gasteiger partial charge in [0.25, 0.3) is 0 Å². The Bertz CT molecular complexity index is 684. The van der Waals surface area contributed by atoms with E-state index in [1.54, 1.807) is 0 Å². The first-order chi connectivity index (χ1) is 11.1. The van der Waals surface area contributed by atoms with Crippen molar-refractivity contribution in [2.24, 2.45) is 10.4 Å². The van der Waals surface area contributed by atoms with Gasteiger partial charge in [-0.25, -0.2) is 0 Å². The Balaban J connectivity index is 1.66. The molecule has 0 N–H and O–H groups in total. The lowest BCUT2D eigenvalue weighted by atomic mass is 9.80. The number of nitrogens with zero attached hydrogens (tertiary/aromatic N) is 2. The monoisotopic (exact) mass is 304 g/mol. The number of allylic oxidation sites excluding steroid dienone is 1. The molecule has 1 unspecified atom stereocenters. The number of hydrogen-bond donors (Lipinski definition) is 0. The van der Waals surface area contributed by atoms with Crippen molar-refractivity contribution in [2.75, 3.05) is 0 Å². The molecule has 1 aliphatic heterocycles. The van der Waals surface area contributed by atoms with E-state index in [4.69, 9.17) is 4.99 Å². The zero-order valence-corrected chi connectivity index (χ0v) is 13.9. The first kappa shape index (κ1) is 15.7. The molecule has 1 aromatic carbocycles. The smallest absolute Gasteiger partial charge is 0.0560 e. The molecule has 2 nitrogen and oxygen atoms in total. The summed E-state index contributed by atoms with van der Waals surface area (Å²) in [6.07, 6.45) is 11.5. The van der Waals surface area contributed by atoms with Crippen LogP contribution in [0, 0.1) is 5.41 Å². The van der Waals surface area contributed by atoms with Gasteiger partial charge in [-0.3, -0.25) is 9.98 Å². The summed E-state index contributed by atoms with van der Waals surface area (Å²) >= 11 is 0. The third-order valence-electron chi connectivity index (χ3n) is 4.62. The normalized spacial score (nSPS) is 18.3. The van der Waals surface area contributed by atoms with E-state index in [-0.39, 0.29) is 5.41 Å². The van der Waals surface area contributed by atoms with Crippen LogP contribution in [-0.2, 0) is 0 Å². The van der Waals surface area contributed by atoms with Crippen LogP contribution in [0.4, 0.5) is 0 Å². The summed E-state index contributed by atoms with van der Waals surface area (Å²) in [5, 5.41) is 0. The predicted molar refractivity (Wildman–Crippen MR) is 97.7 cm³/mol. The van der Waals surface area contributed by atoms with Gasteiger partial charge in [0, 0.05) is 23.7 Å². The van der Waals surface area contributed by atoms with Crippen LogP contribution in [0.2, 0.25) is 0 Å². The van der Waals surface area contributed by atoms with Crippen LogP contribution in [0.3, 0.4) is 0 Å². The average molecular weight is 304 g/mol. The van der Waals surface area contributed by atoms with Gasteiger partial charge < -0.3 is 0 Å². The number of aliphatic imine (C=N–C) groups is 1. The molecule has 0 saturated carbocycles. The maximum atomic E-state index is 5.00. The highest BCUT2D eigenvalue weighted by atomic mass is 14.9. The minimum absolute atomic E-state index is 0.176. The SMILES string of the molecule is CC(C)(C/C=C/c1ccccc1)C1CCC(c2cccnc2)=N1. The third-order valence-corrected chi connectivity index (χ3v) is 4.62. The van der Waals surface area contributed by atoms with E-state index in [0.29, 0.717) is 6.04 Å². The Kier molecular flexibility index (Phi) is 4.71. The summed E-state index contributed by atoms with van der Waals surface area (Å²) in [5.41, 5.74) is 3.82. The first-order valence-corrected chi connectivity index (χ1v) is 8.34. The molecule has 2 heterocycles. The lowest BCUT2D eigenvalue weighted by molar-refractivity contribution is 0.290. The van der Waals surface area contributed by atoms with Crippen LogP contribution in [0.1, 0.15) is 44.2 Å². The summed E-state index contributed by atoms with van der Waals surface area (Å²) in [6, 6.07) is 15.0.